The van der Waals surface area contributed by atoms with Gasteiger partial charge in [0.15, 0.2) is 0 Å². The third-order valence-electron chi connectivity index (χ3n) is 5.84. The zero-order chi connectivity index (χ0) is 24.0. The molecule has 0 aromatic heterocycles. The first kappa shape index (κ1) is 25.2. The summed E-state index contributed by atoms with van der Waals surface area (Å²) >= 11 is 6.01. The SMILES string of the molecule is CC(C)c1ccc(S(=O)(=O)N2CCC(C(=O)NCCNC(=O)c3ccccc3Cl)CC2)cc1. The molecule has 1 fully saturated rings. The molecule has 0 spiro atoms. The Balaban J connectivity index is 1.44. The predicted octanol–water partition coefficient (Wildman–Crippen LogP) is 3.41. The van der Waals surface area contributed by atoms with Gasteiger partial charge in [0.1, 0.15) is 0 Å². The average molecular weight is 492 g/mol. The Hall–Kier alpha value is -2.42. The van der Waals surface area contributed by atoms with E-state index >= 15 is 0 Å². The van der Waals surface area contributed by atoms with Gasteiger partial charge in [-0.25, -0.2) is 8.42 Å². The van der Waals surface area contributed by atoms with E-state index in [1.165, 1.54) is 4.31 Å². The number of carbonyl (C=O) groups excluding carboxylic acids is 2. The third-order valence-corrected chi connectivity index (χ3v) is 8.08. The minimum absolute atomic E-state index is 0.125. The Morgan fingerprint density at radius 1 is 1.00 bits per heavy atom. The summed E-state index contributed by atoms with van der Waals surface area (Å²) in [7, 11) is -3.57. The molecule has 1 aliphatic heterocycles. The van der Waals surface area contributed by atoms with Crippen molar-refractivity contribution in [2.45, 2.75) is 37.5 Å². The molecule has 7 nitrogen and oxygen atoms in total. The van der Waals surface area contributed by atoms with Crippen molar-refractivity contribution in [2.75, 3.05) is 26.2 Å². The first-order chi connectivity index (χ1) is 15.7. The monoisotopic (exact) mass is 491 g/mol. The van der Waals surface area contributed by atoms with Gasteiger partial charge in [-0.1, -0.05) is 49.7 Å². The number of nitrogens with zero attached hydrogens (tertiary/aromatic N) is 1. The van der Waals surface area contributed by atoms with Gasteiger partial charge in [-0.15, -0.1) is 0 Å². The van der Waals surface area contributed by atoms with Crippen LogP contribution in [0.15, 0.2) is 53.4 Å². The number of sulfonamides is 1. The molecule has 9 heteroatoms. The average Bonchev–Trinajstić information content (AvgIpc) is 2.82. The highest BCUT2D eigenvalue weighted by Gasteiger charge is 2.32. The second-order valence-corrected chi connectivity index (χ2v) is 10.8. The van der Waals surface area contributed by atoms with E-state index in [1.54, 1.807) is 36.4 Å². The lowest BCUT2D eigenvalue weighted by molar-refractivity contribution is -0.126. The van der Waals surface area contributed by atoms with Crippen LogP contribution in [-0.4, -0.2) is 50.7 Å². The van der Waals surface area contributed by atoms with Crippen LogP contribution in [0.1, 0.15) is 48.5 Å². The van der Waals surface area contributed by atoms with Gasteiger partial charge in [-0.3, -0.25) is 9.59 Å². The fourth-order valence-corrected chi connectivity index (χ4v) is 5.47. The number of nitrogens with one attached hydrogen (secondary N) is 2. The summed E-state index contributed by atoms with van der Waals surface area (Å²) in [5.74, 6) is -0.338. The molecule has 178 valence electrons. The maximum atomic E-state index is 12.9. The summed E-state index contributed by atoms with van der Waals surface area (Å²) in [4.78, 5) is 24.9. The molecule has 2 aromatic carbocycles. The van der Waals surface area contributed by atoms with E-state index in [4.69, 9.17) is 11.6 Å². The van der Waals surface area contributed by atoms with Crippen LogP contribution in [0.5, 0.6) is 0 Å². The van der Waals surface area contributed by atoms with Crippen LogP contribution in [0.4, 0.5) is 0 Å². The van der Waals surface area contributed by atoms with Gasteiger partial charge in [0.05, 0.1) is 15.5 Å². The van der Waals surface area contributed by atoms with E-state index in [2.05, 4.69) is 24.5 Å². The second kappa shape index (κ2) is 11.1. The normalized spacial score (nSPS) is 15.4. The highest BCUT2D eigenvalue weighted by Crippen LogP contribution is 2.25. The summed E-state index contributed by atoms with van der Waals surface area (Å²) in [6.07, 6.45) is 0.919. The summed E-state index contributed by atoms with van der Waals surface area (Å²) in [6, 6.07) is 13.8. The fraction of sp³-hybridized carbons (Fsp3) is 0.417. The standard InChI is InChI=1S/C24H30ClN3O4S/c1-17(2)18-7-9-20(10-8-18)33(31,32)28-15-11-19(12-16-28)23(29)26-13-14-27-24(30)21-5-3-4-6-22(21)25/h3-10,17,19H,11-16H2,1-2H3,(H,26,29)(H,27,30). The summed E-state index contributed by atoms with van der Waals surface area (Å²) in [5, 5.41) is 5.92. The molecule has 0 aliphatic carbocycles. The van der Waals surface area contributed by atoms with Crippen LogP contribution >= 0.6 is 11.6 Å². The van der Waals surface area contributed by atoms with Crippen molar-refractivity contribution in [3.05, 3.63) is 64.7 Å². The molecule has 0 bridgehead atoms. The molecule has 0 radical (unpaired) electrons. The van der Waals surface area contributed by atoms with Crippen molar-refractivity contribution < 1.29 is 18.0 Å². The number of amides is 2. The van der Waals surface area contributed by atoms with Crippen molar-refractivity contribution in [1.29, 1.82) is 0 Å². The van der Waals surface area contributed by atoms with Crippen molar-refractivity contribution in [2.24, 2.45) is 5.92 Å². The smallest absolute Gasteiger partial charge is 0.252 e. The maximum Gasteiger partial charge on any atom is 0.252 e. The molecule has 33 heavy (non-hydrogen) atoms. The van der Waals surface area contributed by atoms with Crippen LogP contribution in [0.3, 0.4) is 0 Å². The highest BCUT2D eigenvalue weighted by molar-refractivity contribution is 7.89. The molecule has 2 aromatic rings. The number of benzene rings is 2. The lowest BCUT2D eigenvalue weighted by Gasteiger charge is -2.30. The Bertz CT molecular complexity index is 1080. The molecule has 1 saturated heterocycles. The molecular formula is C24H30ClN3O4S. The predicted molar refractivity (Wildman–Crippen MR) is 129 cm³/mol. The van der Waals surface area contributed by atoms with Crippen LogP contribution < -0.4 is 10.6 Å². The number of carbonyl (C=O) groups is 2. The first-order valence-corrected chi connectivity index (χ1v) is 12.9. The van der Waals surface area contributed by atoms with Gasteiger partial charge in [-0.2, -0.15) is 4.31 Å². The Labute approximate surface area is 200 Å². The Kier molecular flexibility index (Phi) is 8.51. The molecular weight excluding hydrogens is 462 g/mol. The molecule has 2 amide bonds. The minimum atomic E-state index is -3.57. The molecule has 1 aliphatic rings. The van der Waals surface area contributed by atoms with Crippen molar-refractivity contribution >= 4 is 33.4 Å². The molecule has 0 unspecified atom stereocenters. The Morgan fingerprint density at radius 2 is 1.61 bits per heavy atom. The fourth-order valence-electron chi connectivity index (χ4n) is 3.78. The van der Waals surface area contributed by atoms with Gasteiger partial charge >= 0.3 is 0 Å². The van der Waals surface area contributed by atoms with E-state index in [9.17, 15) is 18.0 Å². The van der Waals surface area contributed by atoms with Crippen molar-refractivity contribution in [1.82, 2.24) is 14.9 Å². The van der Waals surface area contributed by atoms with Gasteiger partial charge < -0.3 is 10.6 Å². The molecule has 0 atom stereocenters. The van der Waals surface area contributed by atoms with Gasteiger partial charge in [0.2, 0.25) is 15.9 Å². The van der Waals surface area contributed by atoms with E-state index in [0.29, 0.717) is 42.4 Å². The van der Waals surface area contributed by atoms with Crippen LogP contribution in [0.25, 0.3) is 0 Å². The lowest BCUT2D eigenvalue weighted by atomic mass is 9.97. The number of halogens is 1. The zero-order valence-electron chi connectivity index (χ0n) is 18.9. The number of hydrogen-bond acceptors (Lipinski definition) is 4. The molecule has 1 heterocycles. The van der Waals surface area contributed by atoms with Gasteiger partial charge in [0, 0.05) is 32.1 Å². The van der Waals surface area contributed by atoms with Gasteiger partial charge in [0.25, 0.3) is 5.91 Å². The zero-order valence-corrected chi connectivity index (χ0v) is 20.5. The largest absolute Gasteiger partial charge is 0.354 e. The van der Waals surface area contributed by atoms with Crippen molar-refractivity contribution in [3.63, 3.8) is 0 Å². The first-order valence-electron chi connectivity index (χ1n) is 11.1. The summed E-state index contributed by atoms with van der Waals surface area (Å²) < 4.78 is 27.3. The number of piperidine rings is 1. The lowest BCUT2D eigenvalue weighted by Crippen LogP contribution is -2.44. The maximum absolute atomic E-state index is 12.9. The summed E-state index contributed by atoms with van der Waals surface area (Å²) in [6.45, 7) is 5.29. The highest BCUT2D eigenvalue weighted by atomic mass is 35.5. The van der Waals surface area contributed by atoms with E-state index in [0.717, 1.165) is 5.56 Å². The van der Waals surface area contributed by atoms with Crippen LogP contribution in [-0.2, 0) is 14.8 Å². The topological polar surface area (TPSA) is 95.6 Å². The van der Waals surface area contributed by atoms with E-state index in [1.807, 2.05) is 12.1 Å². The van der Waals surface area contributed by atoms with Gasteiger partial charge in [-0.05, 0) is 48.6 Å². The summed E-state index contributed by atoms with van der Waals surface area (Å²) in [5.41, 5.74) is 1.48. The quantitative estimate of drug-likeness (QED) is 0.553. The molecule has 0 saturated carbocycles. The van der Waals surface area contributed by atoms with E-state index in [-0.39, 0.29) is 35.7 Å². The third kappa shape index (κ3) is 6.34. The number of hydrogen-bond donors (Lipinski definition) is 2. The minimum Gasteiger partial charge on any atom is -0.354 e. The Morgan fingerprint density at radius 3 is 2.21 bits per heavy atom. The van der Waals surface area contributed by atoms with Crippen molar-refractivity contribution in [3.8, 4) is 0 Å². The van der Waals surface area contributed by atoms with Crippen LogP contribution in [0, 0.1) is 5.92 Å². The second-order valence-electron chi connectivity index (χ2n) is 8.43. The molecule has 2 N–H and O–H groups in total. The molecule has 3 rings (SSSR count). The van der Waals surface area contributed by atoms with Crippen LogP contribution in [0.2, 0.25) is 5.02 Å². The number of rotatable bonds is 8. The van der Waals surface area contributed by atoms with E-state index < -0.39 is 10.0 Å².